The van der Waals surface area contributed by atoms with Crippen LogP contribution in [0.4, 0.5) is 0 Å². The lowest BCUT2D eigenvalue weighted by molar-refractivity contribution is 0.338. The van der Waals surface area contributed by atoms with Crippen molar-refractivity contribution in [2.24, 2.45) is 5.14 Å². The van der Waals surface area contributed by atoms with Gasteiger partial charge in [-0.3, -0.25) is 0 Å². The molecule has 0 saturated carbocycles. The van der Waals surface area contributed by atoms with E-state index in [0.717, 1.165) is 0 Å². The SMILES string of the molecule is CCCS(=O)(=O)CCOc1cc(C)c(S(N)(=O)=O)cc1C. The lowest BCUT2D eigenvalue weighted by atomic mass is 10.1. The van der Waals surface area contributed by atoms with Gasteiger partial charge in [0.05, 0.1) is 16.4 Å². The second-order valence-corrected chi connectivity index (χ2v) is 8.76. The normalized spacial score (nSPS) is 12.4. The Balaban J connectivity index is 2.85. The van der Waals surface area contributed by atoms with Crippen LogP contribution in [0.15, 0.2) is 17.0 Å². The molecule has 0 saturated heterocycles. The summed E-state index contributed by atoms with van der Waals surface area (Å²) in [5, 5.41) is 5.12. The molecule has 0 atom stereocenters. The van der Waals surface area contributed by atoms with E-state index in [1.54, 1.807) is 26.8 Å². The van der Waals surface area contributed by atoms with Crippen molar-refractivity contribution < 1.29 is 21.6 Å². The van der Waals surface area contributed by atoms with E-state index in [1.165, 1.54) is 6.07 Å². The molecule has 0 heterocycles. The van der Waals surface area contributed by atoms with Gasteiger partial charge in [-0.1, -0.05) is 6.92 Å². The van der Waals surface area contributed by atoms with Crippen LogP contribution in [0, 0.1) is 13.8 Å². The molecule has 0 amide bonds. The molecule has 0 radical (unpaired) electrons. The van der Waals surface area contributed by atoms with Gasteiger partial charge in [-0.05, 0) is 43.5 Å². The third kappa shape index (κ3) is 5.29. The predicted octanol–water partition coefficient (Wildman–Crippen LogP) is 1.15. The predicted molar refractivity (Wildman–Crippen MR) is 81.7 cm³/mol. The van der Waals surface area contributed by atoms with Gasteiger partial charge in [0.25, 0.3) is 0 Å². The highest BCUT2D eigenvalue weighted by Gasteiger charge is 2.15. The summed E-state index contributed by atoms with van der Waals surface area (Å²) in [6.45, 7) is 5.14. The fourth-order valence-corrected chi connectivity index (χ4v) is 3.93. The molecule has 0 aliphatic heterocycles. The molecule has 21 heavy (non-hydrogen) atoms. The molecule has 1 aromatic carbocycles. The van der Waals surface area contributed by atoms with Gasteiger partial charge in [0.15, 0.2) is 9.84 Å². The molecule has 0 fully saturated rings. The molecule has 0 unspecified atom stereocenters. The van der Waals surface area contributed by atoms with E-state index in [4.69, 9.17) is 9.88 Å². The van der Waals surface area contributed by atoms with Crippen molar-refractivity contribution in [1.29, 1.82) is 0 Å². The summed E-state index contributed by atoms with van der Waals surface area (Å²) in [6.07, 6.45) is 0.573. The van der Waals surface area contributed by atoms with Crippen LogP contribution in [0.25, 0.3) is 0 Å². The molecular formula is C13H21NO5S2. The zero-order valence-corrected chi connectivity index (χ0v) is 14.1. The van der Waals surface area contributed by atoms with Gasteiger partial charge < -0.3 is 4.74 Å². The fraction of sp³-hybridized carbons (Fsp3) is 0.538. The molecular weight excluding hydrogens is 314 g/mol. The lowest BCUT2D eigenvalue weighted by Gasteiger charge is -2.12. The molecule has 0 bridgehead atoms. The highest BCUT2D eigenvalue weighted by atomic mass is 32.2. The Morgan fingerprint density at radius 1 is 1.05 bits per heavy atom. The molecule has 6 nitrogen and oxygen atoms in total. The Labute approximate surface area is 126 Å². The van der Waals surface area contributed by atoms with Crippen LogP contribution in [0.3, 0.4) is 0 Å². The minimum absolute atomic E-state index is 0.0390. The van der Waals surface area contributed by atoms with Crippen LogP contribution < -0.4 is 9.88 Å². The topological polar surface area (TPSA) is 104 Å². The monoisotopic (exact) mass is 335 g/mol. The summed E-state index contributed by atoms with van der Waals surface area (Å²) in [5.41, 5.74) is 1.06. The van der Waals surface area contributed by atoms with Crippen molar-refractivity contribution >= 4 is 19.9 Å². The molecule has 0 aromatic heterocycles. The second kappa shape index (κ2) is 6.76. The molecule has 0 aliphatic carbocycles. The quantitative estimate of drug-likeness (QED) is 0.805. The van der Waals surface area contributed by atoms with Gasteiger partial charge in [0, 0.05) is 0 Å². The maximum Gasteiger partial charge on any atom is 0.238 e. The summed E-state index contributed by atoms with van der Waals surface area (Å²) in [5.74, 6) is 0.543. The Bertz CT molecular complexity index is 708. The number of hydrogen-bond acceptors (Lipinski definition) is 5. The zero-order chi connectivity index (χ0) is 16.3. The fourth-order valence-electron chi connectivity index (χ4n) is 1.92. The van der Waals surface area contributed by atoms with Gasteiger partial charge >= 0.3 is 0 Å². The third-order valence-corrected chi connectivity index (χ3v) is 5.82. The van der Waals surface area contributed by atoms with E-state index in [1.807, 2.05) is 0 Å². The lowest BCUT2D eigenvalue weighted by Crippen LogP contribution is -2.17. The Kier molecular flexibility index (Phi) is 5.77. The van der Waals surface area contributed by atoms with Crippen LogP contribution in [0.1, 0.15) is 24.5 Å². The van der Waals surface area contributed by atoms with Crippen molar-refractivity contribution in [3.63, 3.8) is 0 Å². The van der Waals surface area contributed by atoms with Crippen molar-refractivity contribution in [3.8, 4) is 5.75 Å². The maximum absolute atomic E-state index is 11.6. The first-order chi connectivity index (χ1) is 9.57. The Morgan fingerprint density at radius 2 is 1.67 bits per heavy atom. The highest BCUT2D eigenvalue weighted by molar-refractivity contribution is 7.91. The summed E-state index contributed by atoms with van der Waals surface area (Å²) < 4.78 is 51.4. The molecule has 0 spiro atoms. The van der Waals surface area contributed by atoms with Crippen LogP contribution in [0.5, 0.6) is 5.75 Å². The Hall–Kier alpha value is -1.12. The number of ether oxygens (including phenoxy) is 1. The largest absolute Gasteiger partial charge is 0.492 e. The minimum Gasteiger partial charge on any atom is -0.492 e. The molecule has 120 valence electrons. The van der Waals surface area contributed by atoms with E-state index in [2.05, 4.69) is 0 Å². The van der Waals surface area contributed by atoms with Crippen molar-refractivity contribution in [1.82, 2.24) is 0 Å². The smallest absolute Gasteiger partial charge is 0.238 e. The Morgan fingerprint density at radius 3 is 2.19 bits per heavy atom. The number of hydrogen-bond donors (Lipinski definition) is 1. The summed E-state index contributed by atoms with van der Waals surface area (Å²) >= 11 is 0. The number of sulfonamides is 1. The number of benzene rings is 1. The number of sulfone groups is 1. The molecule has 0 aliphatic rings. The number of rotatable bonds is 7. The van der Waals surface area contributed by atoms with E-state index < -0.39 is 19.9 Å². The van der Waals surface area contributed by atoms with Crippen molar-refractivity contribution in [2.45, 2.75) is 32.1 Å². The zero-order valence-electron chi connectivity index (χ0n) is 12.4. The van der Waals surface area contributed by atoms with Crippen LogP contribution in [-0.4, -0.2) is 34.9 Å². The molecule has 1 aromatic rings. The standard InChI is InChI=1S/C13H21NO5S2/c1-4-6-20(15,16)7-5-19-12-8-11(3)13(9-10(12)2)21(14,17)18/h8-9H,4-7H2,1-3H3,(H2,14,17,18). The third-order valence-electron chi connectivity index (χ3n) is 2.95. The number of nitrogens with two attached hydrogens (primary N) is 1. The van der Waals surface area contributed by atoms with Crippen LogP contribution in [0.2, 0.25) is 0 Å². The first-order valence-corrected chi connectivity index (χ1v) is 9.91. The van der Waals surface area contributed by atoms with Crippen LogP contribution >= 0.6 is 0 Å². The number of primary sulfonamides is 1. The van der Waals surface area contributed by atoms with Gasteiger partial charge in [-0.25, -0.2) is 22.0 Å². The van der Waals surface area contributed by atoms with E-state index in [9.17, 15) is 16.8 Å². The van der Waals surface area contributed by atoms with Gasteiger partial charge in [-0.2, -0.15) is 0 Å². The summed E-state index contributed by atoms with van der Waals surface area (Å²) in [6, 6.07) is 2.99. The van der Waals surface area contributed by atoms with E-state index in [0.29, 0.717) is 23.3 Å². The first-order valence-electron chi connectivity index (χ1n) is 6.54. The summed E-state index contributed by atoms with van der Waals surface area (Å²) in [7, 11) is -6.87. The maximum atomic E-state index is 11.6. The van der Waals surface area contributed by atoms with E-state index >= 15 is 0 Å². The average Bonchev–Trinajstić information content (AvgIpc) is 2.31. The minimum atomic E-state index is -3.78. The first kappa shape index (κ1) is 17.9. The number of aryl methyl sites for hydroxylation is 2. The van der Waals surface area contributed by atoms with Crippen molar-refractivity contribution in [3.05, 3.63) is 23.3 Å². The van der Waals surface area contributed by atoms with Gasteiger partial charge in [0.1, 0.15) is 12.4 Å². The van der Waals surface area contributed by atoms with E-state index in [-0.39, 0.29) is 23.0 Å². The van der Waals surface area contributed by atoms with Crippen molar-refractivity contribution in [2.75, 3.05) is 18.1 Å². The van der Waals surface area contributed by atoms with Gasteiger partial charge in [-0.15, -0.1) is 0 Å². The highest BCUT2D eigenvalue weighted by Crippen LogP contribution is 2.25. The summed E-state index contributed by atoms with van der Waals surface area (Å²) in [4.78, 5) is 0.0472. The van der Waals surface area contributed by atoms with Gasteiger partial charge in [0.2, 0.25) is 10.0 Å². The van der Waals surface area contributed by atoms with Crippen LogP contribution in [-0.2, 0) is 19.9 Å². The molecule has 2 N–H and O–H groups in total. The molecule has 1 rings (SSSR count). The average molecular weight is 335 g/mol. The molecule has 8 heteroatoms. The second-order valence-electron chi connectivity index (χ2n) is 4.93.